The summed E-state index contributed by atoms with van der Waals surface area (Å²) in [6.45, 7) is 3.10. The largest absolute Gasteiger partial charge is 0.497 e. The second kappa shape index (κ2) is 8.34. The van der Waals surface area contributed by atoms with Crippen LogP contribution in [0.4, 0.5) is 0 Å². The zero-order valence-electron chi connectivity index (χ0n) is 13.6. The quantitative estimate of drug-likeness (QED) is 0.809. The Labute approximate surface area is 137 Å². The van der Waals surface area contributed by atoms with Crippen molar-refractivity contribution in [2.24, 2.45) is 0 Å². The number of carboxylic acids is 1. The van der Waals surface area contributed by atoms with Gasteiger partial charge < -0.3 is 9.84 Å². The van der Waals surface area contributed by atoms with Crippen molar-refractivity contribution in [1.29, 1.82) is 0 Å². The van der Waals surface area contributed by atoms with Crippen LogP contribution in [0, 0.1) is 0 Å². The highest BCUT2D eigenvalue weighted by atomic mass is 16.5. The molecule has 0 fully saturated rings. The number of hydrogen-bond donors (Lipinski definition) is 1. The van der Waals surface area contributed by atoms with E-state index in [-0.39, 0.29) is 0 Å². The van der Waals surface area contributed by atoms with Gasteiger partial charge in [-0.2, -0.15) is 0 Å². The molecular formula is C19H23NO3. The van der Waals surface area contributed by atoms with Crippen molar-refractivity contribution >= 4 is 5.97 Å². The molecule has 1 atom stereocenters. The third-order valence-corrected chi connectivity index (χ3v) is 3.89. The molecule has 0 saturated heterocycles. The van der Waals surface area contributed by atoms with E-state index in [2.05, 4.69) is 0 Å². The first-order chi connectivity index (χ1) is 11.1. The number of hydrogen-bond acceptors (Lipinski definition) is 3. The minimum Gasteiger partial charge on any atom is -0.497 e. The van der Waals surface area contributed by atoms with Gasteiger partial charge in [0.1, 0.15) is 11.8 Å². The van der Waals surface area contributed by atoms with Crippen molar-refractivity contribution in [2.75, 3.05) is 7.11 Å². The van der Waals surface area contributed by atoms with Crippen molar-refractivity contribution in [3.63, 3.8) is 0 Å². The average molecular weight is 313 g/mol. The Bertz CT molecular complexity index is 610. The number of carboxylic acid groups (broad SMARTS) is 1. The lowest BCUT2D eigenvalue weighted by Gasteiger charge is -2.28. The number of carbonyl (C=O) groups is 1. The van der Waals surface area contributed by atoms with Crippen LogP contribution in [-0.2, 0) is 17.9 Å². The van der Waals surface area contributed by atoms with E-state index in [0.29, 0.717) is 19.5 Å². The molecule has 0 saturated carbocycles. The lowest BCUT2D eigenvalue weighted by atomic mass is 10.1. The Balaban J connectivity index is 2.19. The highest BCUT2D eigenvalue weighted by Gasteiger charge is 2.24. The fourth-order valence-electron chi connectivity index (χ4n) is 2.65. The Morgan fingerprint density at radius 2 is 1.61 bits per heavy atom. The molecule has 4 heteroatoms. The topological polar surface area (TPSA) is 49.8 Å². The van der Waals surface area contributed by atoms with Gasteiger partial charge in [-0.25, -0.2) is 0 Å². The van der Waals surface area contributed by atoms with Gasteiger partial charge in [0, 0.05) is 13.1 Å². The zero-order chi connectivity index (χ0) is 16.7. The fourth-order valence-corrected chi connectivity index (χ4v) is 2.65. The zero-order valence-corrected chi connectivity index (χ0v) is 13.6. The van der Waals surface area contributed by atoms with E-state index in [9.17, 15) is 9.90 Å². The molecule has 1 unspecified atom stereocenters. The maximum atomic E-state index is 11.6. The monoisotopic (exact) mass is 313 g/mol. The number of nitrogens with zero attached hydrogens (tertiary/aromatic N) is 1. The number of benzene rings is 2. The van der Waals surface area contributed by atoms with E-state index in [0.717, 1.165) is 16.9 Å². The van der Waals surface area contributed by atoms with E-state index < -0.39 is 12.0 Å². The van der Waals surface area contributed by atoms with Crippen LogP contribution in [0.15, 0.2) is 54.6 Å². The summed E-state index contributed by atoms with van der Waals surface area (Å²) in [5.74, 6) is 0.0191. The number of ether oxygens (including phenoxy) is 1. The molecule has 0 aliphatic carbocycles. The van der Waals surface area contributed by atoms with Crippen molar-refractivity contribution in [3.8, 4) is 5.75 Å². The number of aliphatic carboxylic acids is 1. The predicted molar refractivity (Wildman–Crippen MR) is 90.4 cm³/mol. The van der Waals surface area contributed by atoms with Crippen LogP contribution in [0.5, 0.6) is 5.75 Å². The van der Waals surface area contributed by atoms with E-state index >= 15 is 0 Å². The Morgan fingerprint density at radius 1 is 1.04 bits per heavy atom. The highest BCUT2D eigenvalue weighted by molar-refractivity contribution is 5.73. The summed E-state index contributed by atoms with van der Waals surface area (Å²) in [6, 6.07) is 17.2. The summed E-state index contributed by atoms with van der Waals surface area (Å²) in [5.41, 5.74) is 2.18. The summed E-state index contributed by atoms with van der Waals surface area (Å²) in [6.07, 6.45) is 0.568. The molecule has 0 amide bonds. The molecule has 0 bridgehead atoms. The third-order valence-electron chi connectivity index (χ3n) is 3.89. The van der Waals surface area contributed by atoms with E-state index in [1.165, 1.54) is 0 Å². The van der Waals surface area contributed by atoms with Crippen molar-refractivity contribution in [1.82, 2.24) is 4.90 Å². The normalized spacial score (nSPS) is 12.1. The smallest absolute Gasteiger partial charge is 0.320 e. The number of rotatable bonds is 8. The molecule has 23 heavy (non-hydrogen) atoms. The summed E-state index contributed by atoms with van der Waals surface area (Å²) >= 11 is 0. The minimum atomic E-state index is -0.781. The molecule has 2 aromatic carbocycles. The summed E-state index contributed by atoms with van der Waals surface area (Å²) < 4.78 is 5.17. The molecule has 0 aromatic heterocycles. The molecule has 0 radical (unpaired) electrons. The molecule has 2 aromatic rings. The molecule has 1 N–H and O–H groups in total. The van der Waals surface area contributed by atoms with Gasteiger partial charge in [-0.05, 0) is 29.7 Å². The maximum absolute atomic E-state index is 11.6. The van der Waals surface area contributed by atoms with Crippen LogP contribution in [0.25, 0.3) is 0 Å². The van der Waals surface area contributed by atoms with Gasteiger partial charge in [-0.3, -0.25) is 9.69 Å². The van der Waals surface area contributed by atoms with Gasteiger partial charge in [-0.1, -0.05) is 49.4 Å². The first-order valence-corrected chi connectivity index (χ1v) is 7.77. The SMILES string of the molecule is CCC(C(=O)O)N(Cc1ccccc1)Cc1ccc(OC)cc1. The van der Waals surface area contributed by atoms with Gasteiger partial charge in [0.25, 0.3) is 0 Å². The molecule has 0 heterocycles. The van der Waals surface area contributed by atoms with Crippen LogP contribution in [0.3, 0.4) is 0 Å². The van der Waals surface area contributed by atoms with Crippen LogP contribution in [0.2, 0.25) is 0 Å². The third kappa shape index (κ3) is 4.83. The molecule has 4 nitrogen and oxygen atoms in total. The predicted octanol–water partition coefficient (Wildman–Crippen LogP) is 3.56. The first-order valence-electron chi connectivity index (χ1n) is 7.77. The van der Waals surface area contributed by atoms with Gasteiger partial charge in [-0.15, -0.1) is 0 Å². The first kappa shape index (κ1) is 17.0. The second-order valence-corrected chi connectivity index (χ2v) is 5.50. The fraction of sp³-hybridized carbons (Fsp3) is 0.316. The summed E-state index contributed by atoms with van der Waals surface area (Å²) in [5, 5.41) is 9.52. The lowest BCUT2D eigenvalue weighted by molar-refractivity contribution is -0.144. The minimum absolute atomic E-state index is 0.502. The molecule has 2 rings (SSSR count). The molecule has 0 aliphatic heterocycles. The standard InChI is InChI=1S/C19H23NO3/c1-3-18(19(21)22)20(13-15-7-5-4-6-8-15)14-16-9-11-17(23-2)12-10-16/h4-12,18H,3,13-14H2,1-2H3,(H,21,22). The number of methoxy groups -OCH3 is 1. The second-order valence-electron chi connectivity index (χ2n) is 5.50. The maximum Gasteiger partial charge on any atom is 0.320 e. The average Bonchev–Trinajstić information content (AvgIpc) is 2.56. The van der Waals surface area contributed by atoms with Crippen molar-refractivity contribution in [3.05, 3.63) is 65.7 Å². The molecule has 122 valence electrons. The van der Waals surface area contributed by atoms with Gasteiger partial charge in [0.2, 0.25) is 0 Å². The van der Waals surface area contributed by atoms with Crippen molar-refractivity contribution in [2.45, 2.75) is 32.5 Å². The van der Waals surface area contributed by atoms with Crippen LogP contribution < -0.4 is 4.74 Å². The van der Waals surface area contributed by atoms with E-state index in [4.69, 9.17) is 4.74 Å². The molecule has 0 aliphatic rings. The van der Waals surface area contributed by atoms with Crippen LogP contribution in [0.1, 0.15) is 24.5 Å². The Kier molecular flexibility index (Phi) is 6.18. The Morgan fingerprint density at radius 3 is 2.09 bits per heavy atom. The lowest BCUT2D eigenvalue weighted by Crippen LogP contribution is -2.39. The van der Waals surface area contributed by atoms with Gasteiger partial charge >= 0.3 is 5.97 Å². The van der Waals surface area contributed by atoms with Crippen LogP contribution >= 0.6 is 0 Å². The summed E-state index contributed by atoms with van der Waals surface area (Å²) in [7, 11) is 1.63. The molecular weight excluding hydrogens is 290 g/mol. The Hall–Kier alpha value is -2.33. The van der Waals surface area contributed by atoms with E-state index in [1.807, 2.05) is 66.4 Å². The van der Waals surface area contributed by atoms with Gasteiger partial charge in [0.05, 0.1) is 7.11 Å². The van der Waals surface area contributed by atoms with Crippen LogP contribution in [-0.4, -0.2) is 29.1 Å². The van der Waals surface area contributed by atoms with Crippen molar-refractivity contribution < 1.29 is 14.6 Å². The summed E-state index contributed by atoms with van der Waals surface area (Å²) in [4.78, 5) is 13.6. The van der Waals surface area contributed by atoms with Gasteiger partial charge in [0.15, 0.2) is 0 Å². The molecule has 0 spiro atoms. The van der Waals surface area contributed by atoms with E-state index in [1.54, 1.807) is 7.11 Å². The highest BCUT2D eigenvalue weighted by Crippen LogP contribution is 2.18.